The van der Waals surface area contributed by atoms with Crippen LogP contribution in [0.15, 0.2) is 36.5 Å². The number of rotatable bonds is 5. The number of piperidine rings is 1. The zero-order valence-electron chi connectivity index (χ0n) is 21.5. The van der Waals surface area contributed by atoms with Gasteiger partial charge in [-0.05, 0) is 82.6 Å². The molecule has 4 heterocycles. The topological polar surface area (TPSA) is 66.9 Å². The first kappa shape index (κ1) is 23.7. The molecule has 1 amide bonds. The van der Waals surface area contributed by atoms with Crippen molar-refractivity contribution in [1.82, 2.24) is 4.98 Å². The molecule has 2 atom stereocenters. The van der Waals surface area contributed by atoms with E-state index in [1.165, 1.54) is 18.5 Å². The van der Waals surface area contributed by atoms with Crippen molar-refractivity contribution in [1.29, 1.82) is 0 Å². The van der Waals surface area contributed by atoms with Gasteiger partial charge in [-0.25, -0.2) is 4.98 Å². The second-order valence-corrected chi connectivity index (χ2v) is 10.8. The monoisotopic (exact) mass is 490 g/mol. The molecule has 1 aromatic heterocycles. The predicted octanol–water partition coefficient (Wildman–Crippen LogP) is 5.41. The van der Waals surface area contributed by atoms with Gasteiger partial charge >= 0.3 is 0 Å². The summed E-state index contributed by atoms with van der Waals surface area (Å²) in [6.45, 7) is 3.32. The number of methoxy groups -OCH3 is 1. The quantitative estimate of drug-likeness (QED) is 0.604. The summed E-state index contributed by atoms with van der Waals surface area (Å²) < 4.78 is 11.6. The van der Waals surface area contributed by atoms with Gasteiger partial charge in [-0.1, -0.05) is 6.07 Å². The van der Waals surface area contributed by atoms with Crippen LogP contribution in [0.3, 0.4) is 0 Å². The minimum absolute atomic E-state index is 0.0325. The second kappa shape index (κ2) is 10.0. The third kappa shape index (κ3) is 4.37. The van der Waals surface area contributed by atoms with Gasteiger partial charge in [-0.15, -0.1) is 0 Å². The molecule has 3 aliphatic heterocycles. The van der Waals surface area contributed by atoms with Gasteiger partial charge in [-0.2, -0.15) is 0 Å². The van der Waals surface area contributed by atoms with Crippen LogP contribution in [-0.2, 0) is 20.8 Å². The maximum absolute atomic E-state index is 14.1. The first-order chi connectivity index (χ1) is 17.6. The molecule has 1 saturated carbocycles. The maximum Gasteiger partial charge on any atom is 0.230 e. The zero-order chi connectivity index (χ0) is 24.6. The lowest BCUT2D eigenvalue weighted by Crippen LogP contribution is -2.45. The van der Waals surface area contributed by atoms with E-state index in [1.54, 1.807) is 0 Å². The van der Waals surface area contributed by atoms with E-state index in [4.69, 9.17) is 9.47 Å². The maximum atomic E-state index is 14.1. The number of aromatic nitrogens is 1. The summed E-state index contributed by atoms with van der Waals surface area (Å²) in [5.74, 6) is 1.09. The Morgan fingerprint density at radius 3 is 2.56 bits per heavy atom. The molecule has 0 spiro atoms. The van der Waals surface area contributed by atoms with Gasteiger partial charge in [0.05, 0.1) is 30.1 Å². The molecule has 0 radical (unpaired) electrons. The van der Waals surface area contributed by atoms with Gasteiger partial charge < -0.3 is 24.6 Å². The highest BCUT2D eigenvalue weighted by molar-refractivity contribution is 6.00. The van der Waals surface area contributed by atoms with Crippen molar-refractivity contribution in [2.24, 2.45) is 5.92 Å². The number of hydrogen-bond donors (Lipinski definition) is 1. The summed E-state index contributed by atoms with van der Waals surface area (Å²) in [5, 5.41) is 3.54. The first-order valence-electron chi connectivity index (χ1n) is 13.7. The minimum atomic E-state index is 0.0325. The molecule has 7 nitrogen and oxygen atoms in total. The number of carbonyl (C=O) groups is 1. The molecule has 4 aliphatic rings. The minimum Gasteiger partial charge on any atom is -0.381 e. The van der Waals surface area contributed by atoms with Gasteiger partial charge in [-0.3, -0.25) is 4.79 Å². The number of ether oxygens (including phenoxy) is 2. The summed E-state index contributed by atoms with van der Waals surface area (Å²) in [6, 6.07) is 11.6. The molecule has 192 valence electrons. The molecular formula is C29H38N4O3. The number of hydrogen-bond acceptors (Lipinski definition) is 6. The molecule has 2 aromatic rings. The van der Waals surface area contributed by atoms with E-state index in [1.807, 2.05) is 31.2 Å². The van der Waals surface area contributed by atoms with Gasteiger partial charge in [0.25, 0.3) is 0 Å². The van der Waals surface area contributed by atoms with E-state index in [2.05, 4.69) is 39.5 Å². The van der Waals surface area contributed by atoms with Crippen LogP contribution >= 0.6 is 0 Å². The number of amides is 1. The van der Waals surface area contributed by atoms with Crippen LogP contribution in [0.4, 0.5) is 22.9 Å². The average molecular weight is 491 g/mol. The zero-order valence-corrected chi connectivity index (χ0v) is 21.5. The second-order valence-electron chi connectivity index (χ2n) is 10.8. The van der Waals surface area contributed by atoms with Gasteiger partial charge in [0.1, 0.15) is 5.82 Å². The van der Waals surface area contributed by atoms with Gasteiger partial charge in [0.15, 0.2) is 0 Å². The summed E-state index contributed by atoms with van der Waals surface area (Å²) in [4.78, 5) is 23.3. The highest BCUT2D eigenvalue weighted by Crippen LogP contribution is 2.44. The first-order valence-corrected chi connectivity index (χ1v) is 13.7. The van der Waals surface area contributed by atoms with Crippen LogP contribution in [0.5, 0.6) is 0 Å². The molecule has 1 N–H and O–H groups in total. The Balaban J connectivity index is 1.32. The molecule has 36 heavy (non-hydrogen) atoms. The predicted molar refractivity (Wildman–Crippen MR) is 142 cm³/mol. The van der Waals surface area contributed by atoms with Crippen LogP contribution in [0.1, 0.15) is 63.9 Å². The molecule has 6 rings (SSSR count). The van der Waals surface area contributed by atoms with Gasteiger partial charge in [0, 0.05) is 49.2 Å². The van der Waals surface area contributed by atoms with Crippen LogP contribution in [-0.4, -0.2) is 48.9 Å². The fourth-order valence-electron chi connectivity index (χ4n) is 6.94. The number of benzene rings is 1. The normalized spacial score (nSPS) is 29.2. The summed E-state index contributed by atoms with van der Waals surface area (Å²) in [6.07, 6.45) is 10.7. The average Bonchev–Trinajstić information content (AvgIpc) is 3.08. The van der Waals surface area contributed by atoms with E-state index in [9.17, 15) is 4.79 Å². The lowest BCUT2D eigenvalue weighted by Gasteiger charge is -2.40. The Morgan fingerprint density at radius 2 is 1.83 bits per heavy atom. The number of carbonyl (C=O) groups excluding carboxylic acids is 1. The molecule has 2 unspecified atom stereocenters. The largest absolute Gasteiger partial charge is 0.381 e. The molecule has 1 aromatic carbocycles. The van der Waals surface area contributed by atoms with Crippen LogP contribution in [0.25, 0.3) is 0 Å². The van der Waals surface area contributed by atoms with E-state index in [-0.39, 0.29) is 11.8 Å². The smallest absolute Gasteiger partial charge is 0.230 e. The van der Waals surface area contributed by atoms with Crippen molar-refractivity contribution in [3.05, 3.63) is 42.1 Å². The Morgan fingerprint density at radius 1 is 1.06 bits per heavy atom. The highest BCUT2D eigenvalue weighted by Gasteiger charge is 2.41. The molecule has 7 heteroatoms. The number of anilines is 4. The van der Waals surface area contributed by atoms with E-state index >= 15 is 0 Å². The Kier molecular flexibility index (Phi) is 6.61. The summed E-state index contributed by atoms with van der Waals surface area (Å²) in [7, 11) is 1.84. The molecule has 2 bridgehead atoms. The molecule has 1 aliphatic carbocycles. The fourth-order valence-corrected chi connectivity index (χ4v) is 6.94. The van der Waals surface area contributed by atoms with E-state index < -0.39 is 0 Å². The van der Waals surface area contributed by atoms with Crippen LogP contribution < -0.4 is 15.1 Å². The third-order valence-corrected chi connectivity index (χ3v) is 8.76. The number of nitrogens with one attached hydrogen (secondary N) is 1. The van der Waals surface area contributed by atoms with Crippen molar-refractivity contribution in [3.63, 3.8) is 0 Å². The van der Waals surface area contributed by atoms with E-state index in [0.717, 1.165) is 67.9 Å². The van der Waals surface area contributed by atoms with Crippen LogP contribution in [0.2, 0.25) is 0 Å². The highest BCUT2D eigenvalue weighted by atomic mass is 16.5. The number of pyridine rings is 1. The fraction of sp³-hybridized carbons (Fsp3) is 0.586. The Labute approximate surface area is 214 Å². The lowest BCUT2D eigenvalue weighted by atomic mass is 9.86. The molecule has 3 fully saturated rings. The van der Waals surface area contributed by atoms with Crippen molar-refractivity contribution < 1.29 is 14.3 Å². The van der Waals surface area contributed by atoms with Gasteiger partial charge in [0.2, 0.25) is 5.91 Å². The number of nitrogens with zero attached hydrogens (tertiary/aromatic N) is 3. The molecular weight excluding hydrogens is 452 g/mol. The summed E-state index contributed by atoms with van der Waals surface area (Å²) >= 11 is 0. The Bertz CT molecular complexity index is 1090. The van der Waals surface area contributed by atoms with E-state index in [0.29, 0.717) is 30.8 Å². The third-order valence-electron chi connectivity index (χ3n) is 8.76. The standard InChI is InChI=1S/C29H38N4O3/c1-3-36-24-11-6-19(7-12-24)29(34)32-18-20-5-4-14-30-28(20)31-26-13-10-23(17-27(26)32)33-21-8-9-22(33)16-25(15-21)35-2/h4-5,10,13-14,17,19,21-22,24-25H,3,6-9,11-12,15-16,18H2,1-2H3,(H,30,31)/t19-,21?,22?,24-,25?. The van der Waals surface area contributed by atoms with Crippen molar-refractivity contribution >= 4 is 28.8 Å². The Hall–Kier alpha value is -2.64. The lowest BCUT2D eigenvalue weighted by molar-refractivity contribution is -0.124. The number of fused-ring (bicyclic) bond motifs is 4. The van der Waals surface area contributed by atoms with Crippen molar-refractivity contribution in [2.45, 2.75) is 89.1 Å². The SMILES string of the molecule is CCO[C@H]1CC[C@H](C(=O)N2Cc3cccnc3Nc3ccc(N4C5CCC4CC(OC)C5)cc32)CC1. The van der Waals surface area contributed by atoms with Crippen molar-refractivity contribution in [2.75, 3.05) is 28.8 Å². The molecule has 2 saturated heterocycles. The summed E-state index contributed by atoms with van der Waals surface area (Å²) in [5.41, 5.74) is 4.18. The van der Waals surface area contributed by atoms with Crippen molar-refractivity contribution in [3.8, 4) is 0 Å². The van der Waals surface area contributed by atoms with Crippen LogP contribution in [0, 0.1) is 5.92 Å².